The first-order chi connectivity index (χ1) is 11.6. The average Bonchev–Trinajstić information content (AvgIpc) is 3.16. The molecule has 1 fully saturated rings. The lowest BCUT2D eigenvalue weighted by atomic mass is 10.2. The second kappa shape index (κ2) is 7.30. The molecular formula is C14H18N5O4P. The summed E-state index contributed by atoms with van der Waals surface area (Å²) in [5, 5.41) is 0.693. The minimum absolute atomic E-state index is 0.00448. The maximum Gasteiger partial charge on any atom is 0.316 e. The predicted octanol–water partition coefficient (Wildman–Crippen LogP) is 0.0523. The molecule has 0 bridgehead atoms. The van der Waals surface area contributed by atoms with Crippen LogP contribution in [0, 0.1) is 11.8 Å². The summed E-state index contributed by atoms with van der Waals surface area (Å²) in [5.74, 6) is 6.16. The third-order valence-corrected chi connectivity index (χ3v) is 4.22. The topological polar surface area (TPSA) is 139 Å². The van der Waals surface area contributed by atoms with Crippen LogP contribution in [0.1, 0.15) is 18.0 Å². The third-order valence-electron chi connectivity index (χ3n) is 3.81. The van der Waals surface area contributed by atoms with Crippen LogP contribution >= 0.6 is 8.25 Å². The number of hydrogen-bond donors (Lipinski definition) is 3. The second-order valence-electron chi connectivity index (χ2n) is 5.34. The van der Waals surface area contributed by atoms with E-state index in [4.69, 9.17) is 25.6 Å². The van der Waals surface area contributed by atoms with Crippen LogP contribution in [0.4, 0.5) is 5.82 Å². The van der Waals surface area contributed by atoms with Crippen molar-refractivity contribution >= 4 is 25.1 Å². The summed E-state index contributed by atoms with van der Waals surface area (Å²) < 4.78 is 23.0. The molecule has 3 rings (SSSR count). The first-order valence-corrected chi connectivity index (χ1v) is 8.63. The van der Waals surface area contributed by atoms with Gasteiger partial charge in [0.15, 0.2) is 0 Å². The van der Waals surface area contributed by atoms with Gasteiger partial charge in [0.05, 0.1) is 42.9 Å². The maximum absolute atomic E-state index is 10.7. The smallest absolute Gasteiger partial charge is 0.316 e. The summed E-state index contributed by atoms with van der Waals surface area (Å²) >= 11 is 0. The van der Waals surface area contributed by atoms with Gasteiger partial charge in [-0.2, -0.15) is 0 Å². The van der Waals surface area contributed by atoms with E-state index >= 15 is 0 Å². The third kappa shape index (κ3) is 3.43. The van der Waals surface area contributed by atoms with E-state index < -0.39 is 8.25 Å². The van der Waals surface area contributed by atoms with Crippen LogP contribution in [-0.4, -0.2) is 45.3 Å². The molecule has 1 saturated heterocycles. The molecule has 24 heavy (non-hydrogen) atoms. The molecule has 0 aromatic carbocycles. The fraction of sp³-hybridized carbons (Fsp3) is 0.429. The lowest BCUT2D eigenvalue weighted by molar-refractivity contribution is 0.0648. The van der Waals surface area contributed by atoms with E-state index in [2.05, 4.69) is 21.8 Å². The zero-order valence-electron chi connectivity index (χ0n) is 12.8. The predicted molar refractivity (Wildman–Crippen MR) is 88.4 cm³/mol. The summed E-state index contributed by atoms with van der Waals surface area (Å²) in [6.45, 7) is 0.769. The van der Waals surface area contributed by atoms with Crippen LogP contribution in [0.15, 0.2) is 12.5 Å². The molecule has 2 aromatic heterocycles. The Kier molecular flexibility index (Phi) is 5.14. The summed E-state index contributed by atoms with van der Waals surface area (Å²) in [6, 6.07) is 0.00448. The van der Waals surface area contributed by atoms with Crippen LogP contribution in [0.5, 0.6) is 0 Å². The zero-order valence-corrected chi connectivity index (χ0v) is 13.8. The lowest BCUT2D eigenvalue weighted by Gasteiger charge is -2.11. The Hall–Kier alpha value is -1.95. The molecule has 1 aliphatic heterocycles. The summed E-state index contributed by atoms with van der Waals surface area (Å²) in [7, 11) is -2.95. The van der Waals surface area contributed by atoms with E-state index in [0.29, 0.717) is 35.4 Å². The Bertz CT molecular complexity index is 828. The van der Waals surface area contributed by atoms with Gasteiger partial charge in [0.2, 0.25) is 0 Å². The fourth-order valence-electron chi connectivity index (χ4n) is 2.79. The molecule has 5 N–H and O–H groups in total. The van der Waals surface area contributed by atoms with Crippen LogP contribution in [0.25, 0.3) is 11.0 Å². The standard InChI is InChI=1S/C14H18N5O4P/c15-3-1-2-9-5-19(14-12(9)13(16)17-8-18-14)10-4-11(22-6-10)7-23-24(20)21/h5,8,10-11,24H,3-4,6-7,15H2,(H,20,21)(H2,16,17,18)/t10?,11-/m0/s1. The van der Waals surface area contributed by atoms with Crippen LogP contribution in [-0.2, 0) is 13.8 Å². The van der Waals surface area contributed by atoms with E-state index in [1.807, 2.05) is 10.8 Å². The first kappa shape index (κ1) is 16.9. The zero-order chi connectivity index (χ0) is 17.1. The van der Waals surface area contributed by atoms with Crippen molar-refractivity contribution in [1.29, 1.82) is 0 Å². The molecule has 0 saturated carbocycles. The van der Waals surface area contributed by atoms with Crippen LogP contribution < -0.4 is 11.5 Å². The van der Waals surface area contributed by atoms with Crippen molar-refractivity contribution in [2.24, 2.45) is 5.73 Å². The van der Waals surface area contributed by atoms with Gasteiger partial charge in [0, 0.05) is 6.20 Å². The van der Waals surface area contributed by atoms with Gasteiger partial charge in [0.25, 0.3) is 0 Å². The minimum Gasteiger partial charge on any atom is -0.383 e. The monoisotopic (exact) mass is 351 g/mol. The molecule has 2 unspecified atom stereocenters. The highest BCUT2D eigenvalue weighted by atomic mass is 31.1. The maximum atomic E-state index is 10.7. The van der Waals surface area contributed by atoms with Crippen molar-refractivity contribution in [3.63, 3.8) is 0 Å². The minimum atomic E-state index is -2.95. The molecule has 0 amide bonds. The van der Waals surface area contributed by atoms with Gasteiger partial charge in [-0.15, -0.1) is 0 Å². The Morgan fingerprint density at radius 1 is 1.54 bits per heavy atom. The number of aromatic nitrogens is 3. The Morgan fingerprint density at radius 3 is 3.12 bits per heavy atom. The molecule has 0 spiro atoms. The number of rotatable bonds is 4. The van der Waals surface area contributed by atoms with Gasteiger partial charge in [-0.25, -0.2) is 9.97 Å². The molecule has 3 atom stereocenters. The van der Waals surface area contributed by atoms with E-state index in [1.165, 1.54) is 6.33 Å². The molecule has 0 radical (unpaired) electrons. The Morgan fingerprint density at radius 2 is 2.38 bits per heavy atom. The highest BCUT2D eigenvalue weighted by molar-refractivity contribution is 7.32. The van der Waals surface area contributed by atoms with E-state index in [9.17, 15) is 4.57 Å². The quantitative estimate of drug-likeness (QED) is 0.519. The number of anilines is 1. The van der Waals surface area contributed by atoms with Crippen LogP contribution in [0.3, 0.4) is 0 Å². The van der Waals surface area contributed by atoms with Gasteiger partial charge >= 0.3 is 8.25 Å². The van der Waals surface area contributed by atoms with Crippen molar-refractivity contribution in [2.75, 3.05) is 25.5 Å². The normalized spacial score (nSPS) is 21.6. The van der Waals surface area contributed by atoms with Gasteiger partial charge < -0.3 is 30.2 Å². The number of hydrogen-bond acceptors (Lipinski definition) is 7. The molecule has 128 valence electrons. The van der Waals surface area contributed by atoms with Crippen molar-refractivity contribution in [3.05, 3.63) is 18.1 Å². The van der Waals surface area contributed by atoms with E-state index in [-0.39, 0.29) is 25.3 Å². The Labute approximate surface area is 138 Å². The van der Waals surface area contributed by atoms with E-state index in [1.54, 1.807) is 0 Å². The first-order valence-electron chi connectivity index (χ1n) is 7.37. The number of nitrogens with two attached hydrogens (primary N) is 2. The Balaban J connectivity index is 1.90. The fourth-order valence-corrected chi connectivity index (χ4v) is 3.12. The van der Waals surface area contributed by atoms with Crippen molar-refractivity contribution in [1.82, 2.24) is 14.5 Å². The number of nitrogen functional groups attached to an aromatic ring is 1. The molecule has 9 nitrogen and oxygen atoms in total. The molecular weight excluding hydrogens is 333 g/mol. The number of ether oxygens (including phenoxy) is 1. The van der Waals surface area contributed by atoms with Gasteiger partial charge in [-0.3, -0.25) is 4.57 Å². The van der Waals surface area contributed by atoms with Crippen molar-refractivity contribution in [2.45, 2.75) is 18.6 Å². The molecule has 0 aliphatic carbocycles. The number of fused-ring (bicyclic) bond motifs is 1. The number of nitrogens with zero attached hydrogens (tertiary/aromatic N) is 3. The second-order valence-corrected chi connectivity index (χ2v) is 6.16. The van der Waals surface area contributed by atoms with E-state index in [0.717, 1.165) is 0 Å². The molecule has 10 heteroatoms. The summed E-state index contributed by atoms with van der Waals surface area (Å²) in [6.07, 6.45) is 3.66. The molecule has 3 heterocycles. The molecule has 2 aromatic rings. The van der Waals surface area contributed by atoms with Crippen molar-refractivity contribution in [3.8, 4) is 11.8 Å². The SMILES string of the molecule is NCC#Cc1cn(C2CO[C@H](CO[PH](=O)O)C2)c2ncnc(N)c12. The average molecular weight is 351 g/mol. The van der Waals surface area contributed by atoms with Gasteiger partial charge in [0.1, 0.15) is 17.8 Å². The van der Waals surface area contributed by atoms with Gasteiger partial charge in [-0.1, -0.05) is 11.8 Å². The van der Waals surface area contributed by atoms with Crippen molar-refractivity contribution < 1.29 is 18.7 Å². The molecule has 1 aliphatic rings. The summed E-state index contributed by atoms with van der Waals surface area (Å²) in [5.41, 5.74) is 12.8. The highest BCUT2D eigenvalue weighted by Crippen LogP contribution is 2.32. The largest absolute Gasteiger partial charge is 0.383 e. The van der Waals surface area contributed by atoms with Gasteiger partial charge in [-0.05, 0) is 6.42 Å². The lowest BCUT2D eigenvalue weighted by Crippen LogP contribution is -2.12. The highest BCUT2D eigenvalue weighted by Gasteiger charge is 2.29. The van der Waals surface area contributed by atoms with Crippen LogP contribution in [0.2, 0.25) is 0 Å². The summed E-state index contributed by atoms with van der Waals surface area (Å²) in [4.78, 5) is 17.1.